The Bertz CT molecular complexity index is 325. The van der Waals surface area contributed by atoms with Crippen LogP contribution in [0.3, 0.4) is 0 Å². The minimum absolute atomic E-state index is 0.262. The first-order valence-electron chi connectivity index (χ1n) is 8.02. The molecule has 0 aromatic carbocycles. The van der Waals surface area contributed by atoms with Crippen LogP contribution in [0.4, 0.5) is 0 Å². The van der Waals surface area contributed by atoms with Gasteiger partial charge in [0.1, 0.15) is 5.54 Å². The fourth-order valence-corrected chi connectivity index (χ4v) is 3.59. The Labute approximate surface area is 118 Å². The summed E-state index contributed by atoms with van der Waals surface area (Å²) < 4.78 is 0. The first-order chi connectivity index (χ1) is 9.10. The molecule has 0 bridgehead atoms. The average molecular weight is 263 g/mol. The molecular weight excluding hydrogens is 234 g/mol. The molecule has 2 unspecified atom stereocenters. The lowest BCUT2D eigenvalue weighted by atomic mass is 9.79. The molecule has 0 amide bonds. The molecule has 3 nitrogen and oxygen atoms in total. The van der Waals surface area contributed by atoms with E-state index >= 15 is 0 Å². The SMILES string of the molecule is CCNC1(C#N)CCCC(N(CC(C)C)C2CC2)C1. The van der Waals surface area contributed by atoms with Gasteiger partial charge in [0.15, 0.2) is 0 Å². The summed E-state index contributed by atoms with van der Waals surface area (Å²) in [6.45, 7) is 8.81. The van der Waals surface area contributed by atoms with Gasteiger partial charge in [0, 0.05) is 18.6 Å². The molecule has 2 aliphatic carbocycles. The maximum absolute atomic E-state index is 9.58. The minimum Gasteiger partial charge on any atom is -0.300 e. The van der Waals surface area contributed by atoms with Gasteiger partial charge >= 0.3 is 0 Å². The second kappa shape index (κ2) is 6.24. The van der Waals surface area contributed by atoms with Crippen LogP contribution in [0.5, 0.6) is 0 Å². The van der Waals surface area contributed by atoms with E-state index in [2.05, 4.69) is 37.1 Å². The third-order valence-electron chi connectivity index (χ3n) is 4.52. The summed E-state index contributed by atoms with van der Waals surface area (Å²) in [5.74, 6) is 0.721. The molecule has 3 heteroatoms. The van der Waals surface area contributed by atoms with Gasteiger partial charge < -0.3 is 0 Å². The van der Waals surface area contributed by atoms with Crippen molar-refractivity contribution in [2.45, 2.75) is 76.9 Å². The van der Waals surface area contributed by atoms with Crippen molar-refractivity contribution in [1.82, 2.24) is 10.2 Å². The van der Waals surface area contributed by atoms with Gasteiger partial charge in [-0.1, -0.05) is 20.8 Å². The van der Waals surface area contributed by atoms with E-state index in [1.807, 2.05) is 0 Å². The van der Waals surface area contributed by atoms with Crippen LogP contribution < -0.4 is 5.32 Å². The van der Waals surface area contributed by atoms with Crippen molar-refractivity contribution >= 4 is 0 Å². The van der Waals surface area contributed by atoms with Crippen LogP contribution in [0.1, 0.15) is 59.3 Å². The summed E-state index contributed by atoms with van der Waals surface area (Å²) in [6, 6.07) is 4.00. The van der Waals surface area contributed by atoms with Crippen LogP contribution in [0.25, 0.3) is 0 Å². The lowest BCUT2D eigenvalue weighted by Gasteiger charge is -2.42. The molecule has 0 heterocycles. The summed E-state index contributed by atoms with van der Waals surface area (Å²) in [4.78, 5) is 2.72. The van der Waals surface area contributed by atoms with Crippen LogP contribution >= 0.6 is 0 Å². The number of nitrogens with zero attached hydrogens (tertiary/aromatic N) is 2. The van der Waals surface area contributed by atoms with Gasteiger partial charge in [0.2, 0.25) is 0 Å². The second-order valence-electron chi connectivity index (χ2n) is 6.80. The van der Waals surface area contributed by atoms with Gasteiger partial charge in [0.05, 0.1) is 6.07 Å². The highest BCUT2D eigenvalue weighted by Gasteiger charge is 2.41. The van der Waals surface area contributed by atoms with Crippen molar-refractivity contribution < 1.29 is 0 Å². The Morgan fingerprint density at radius 2 is 2.05 bits per heavy atom. The van der Waals surface area contributed by atoms with Crippen molar-refractivity contribution in [2.24, 2.45) is 5.92 Å². The highest BCUT2D eigenvalue weighted by atomic mass is 15.2. The maximum Gasteiger partial charge on any atom is 0.108 e. The molecule has 1 N–H and O–H groups in total. The topological polar surface area (TPSA) is 39.1 Å². The first kappa shape index (κ1) is 14.8. The Hall–Kier alpha value is -0.590. The molecule has 2 fully saturated rings. The van der Waals surface area contributed by atoms with E-state index in [1.54, 1.807) is 0 Å². The zero-order valence-electron chi connectivity index (χ0n) is 12.8. The highest BCUT2D eigenvalue weighted by molar-refractivity contribution is 5.11. The molecule has 0 radical (unpaired) electrons. The molecule has 19 heavy (non-hydrogen) atoms. The average Bonchev–Trinajstić information content (AvgIpc) is 3.20. The van der Waals surface area contributed by atoms with E-state index in [0.717, 1.165) is 31.3 Å². The molecule has 2 aliphatic rings. The van der Waals surface area contributed by atoms with Crippen molar-refractivity contribution in [3.63, 3.8) is 0 Å². The summed E-state index contributed by atoms with van der Waals surface area (Å²) in [7, 11) is 0. The predicted octanol–water partition coefficient (Wildman–Crippen LogP) is 2.92. The van der Waals surface area contributed by atoms with Crippen LogP contribution in [0.2, 0.25) is 0 Å². The van der Waals surface area contributed by atoms with Gasteiger partial charge in [-0.05, 0) is 51.0 Å². The molecule has 0 aromatic rings. The van der Waals surface area contributed by atoms with E-state index in [0.29, 0.717) is 6.04 Å². The molecular formula is C16H29N3. The molecule has 0 saturated heterocycles. The quantitative estimate of drug-likeness (QED) is 0.801. The minimum atomic E-state index is -0.262. The Morgan fingerprint density at radius 3 is 2.58 bits per heavy atom. The predicted molar refractivity (Wildman–Crippen MR) is 78.8 cm³/mol. The van der Waals surface area contributed by atoms with Crippen LogP contribution in [-0.2, 0) is 0 Å². The van der Waals surface area contributed by atoms with E-state index in [9.17, 15) is 5.26 Å². The fourth-order valence-electron chi connectivity index (χ4n) is 3.59. The number of nitriles is 1. The Morgan fingerprint density at radius 1 is 1.32 bits per heavy atom. The number of hydrogen-bond donors (Lipinski definition) is 1. The smallest absolute Gasteiger partial charge is 0.108 e. The maximum atomic E-state index is 9.58. The van der Waals surface area contributed by atoms with Gasteiger partial charge in [-0.25, -0.2) is 0 Å². The monoisotopic (exact) mass is 263 g/mol. The van der Waals surface area contributed by atoms with Crippen molar-refractivity contribution in [3.05, 3.63) is 0 Å². The normalized spacial score (nSPS) is 31.7. The lowest BCUT2D eigenvalue weighted by Crippen LogP contribution is -2.53. The van der Waals surface area contributed by atoms with Crippen molar-refractivity contribution in [3.8, 4) is 6.07 Å². The van der Waals surface area contributed by atoms with Gasteiger partial charge in [-0.3, -0.25) is 10.2 Å². The van der Waals surface area contributed by atoms with Crippen molar-refractivity contribution in [1.29, 1.82) is 5.26 Å². The standard InChI is InChI=1S/C16H29N3/c1-4-18-16(12-17)9-5-6-15(10-16)19(11-13(2)3)14-7-8-14/h13-15,18H,4-11H2,1-3H3. The van der Waals surface area contributed by atoms with Gasteiger partial charge in [0.25, 0.3) is 0 Å². The number of rotatable bonds is 6. The van der Waals surface area contributed by atoms with Gasteiger partial charge in [-0.15, -0.1) is 0 Å². The Kier molecular flexibility index (Phi) is 4.86. The zero-order valence-corrected chi connectivity index (χ0v) is 12.8. The number of nitrogens with one attached hydrogen (secondary N) is 1. The number of hydrogen-bond acceptors (Lipinski definition) is 3. The third kappa shape index (κ3) is 3.70. The van der Waals surface area contributed by atoms with Crippen LogP contribution in [0, 0.1) is 17.2 Å². The van der Waals surface area contributed by atoms with E-state index < -0.39 is 0 Å². The molecule has 2 atom stereocenters. The van der Waals surface area contributed by atoms with Gasteiger partial charge in [-0.2, -0.15) is 5.26 Å². The first-order valence-corrected chi connectivity index (χ1v) is 8.02. The van der Waals surface area contributed by atoms with Crippen LogP contribution in [-0.4, -0.2) is 35.6 Å². The summed E-state index contributed by atoms with van der Waals surface area (Å²) >= 11 is 0. The van der Waals surface area contributed by atoms with E-state index in [-0.39, 0.29) is 5.54 Å². The molecule has 108 valence electrons. The molecule has 0 aliphatic heterocycles. The Balaban J connectivity index is 2.04. The van der Waals surface area contributed by atoms with E-state index in [4.69, 9.17) is 0 Å². The lowest BCUT2D eigenvalue weighted by molar-refractivity contribution is 0.101. The third-order valence-corrected chi connectivity index (χ3v) is 4.52. The van der Waals surface area contributed by atoms with E-state index in [1.165, 1.54) is 32.2 Å². The molecule has 2 rings (SSSR count). The second-order valence-corrected chi connectivity index (χ2v) is 6.80. The van der Waals surface area contributed by atoms with Crippen LogP contribution in [0.15, 0.2) is 0 Å². The molecule has 0 aromatic heterocycles. The zero-order chi connectivity index (χ0) is 13.9. The fraction of sp³-hybridized carbons (Fsp3) is 0.938. The van der Waals surface area contributed by atoms with Crippen molar-refractivity contribution in [2.75, 3.05) is 13.1 Å². The molecule has 2 saturated carbocycles. The summed E-state index contributed by atoms with van der Waals surface area (Å²) in [5.41, 5.74) is -0.262. The summed E-state index contributed by atoms with van der Waals surface area (Å²) in [6.07, 6.45) is 7.23. The largest absolute Gasteiger partial charge is 0.300 e. The summed E-state index contributed by atoms with van der Waals surface area (Å²) in [5, 5.41) is 13.0. The highest BCUT2D eigenvalue weighted by Crippen LogP contribution is 2.37. The molecule has 0 spiro atoms.